The van der Waals surface area contributed by atoms with E-state index in [-0.39, 0.29) is 23.3 Å². The molecule has 3 nitrogen and oxygen atoms in total. The number of hydrogen-bond acceptors (Lipinski definition) is 2. The molecule has 1 N–H and O–H groups in total. The van der Waals surface area contributed by atoms with E-state index in [1.54, 1.807) is 17.0 Å². The highest BCUT2D eigenvalue weighted by atomic mass is 35.5. The lowest BCUT2D eigenvalue weighted by molar-refractivity contribution is 0.0746. The predicted octanol–water partition coefficient (Wildman–Crippen LogP) is 2.89. The van der Waals surface area contributed by atoms with Crippen molar-refractivity contribution in [1.82, 2.24) is 4.90 Å². The van der Waals surface area contributed by atoms with Gasteiger partial charge in [-0.1, -0.05) is 11.6 Å². The lowest BCUT2D eigenvalue weighted by Gasteiger charge is -2.23. The van der Waals surface area contributed by atoms with Crippen LogP contribution in [0.25, 0.3) is 0 Å². The van der Waals surface area contributed by atoms with Crippen molar-refractivity contribution in [3.8, 4) is 5.75 Å². The summed E-state index contributed by atoms with van der Waals surface area (Å²) in [5, 5.41) is 10.1. The summed E-state index contributed by atoms with van der Waals surface area (Å²) in [5.74, 6) is 0.171. The number of benzene rings is 1. The van der Waals surface area contributed by atoms with Crippen LogP contribution < -0.4 is 0 Å². The Kier molecular flexibility index (Phi) is 3.79. The van der Waals surface area contributed by atoms with Crippen molar-refractivity contribution in [3.05, 3.63) is 28.8 Å². The Labute approximate surface area is 110 Å². The number of likely N-dealkylation sites (tertiary alicyclic amines) is 1. The van der Waals surface area contributed by atoms with E-state index in [1.165, 1.54) is 6.07 Å². The number of nitrogens with zero attached hydrogens (tertiary/aromatic N) is 1. The largest absolute Gasteiger partial charge is 0.507 e. The molecule has 1 saturated heterocycles. The maximum atomic E-state index is 12.2. The zero-order valence-corrected chi connectivity index (χ0v) is 10.7. The van der Waals surface area contributed by atoms with Crippen molar-refractivity contribution < 1.29 is 9.90 Å². The minimum Gasteiger partial charge on any atom is -0.507 e. The van der Waals surface area contributed by atoms with Crippen LogP contribution in [-0.4, -0.2) is 34.4 Å². The van der Waals surface area contributed by atoms with Gasteiger partial charge < -0.3 is 10.0 Å². The van der Waals surface area contributed by atoms with Crippen LogP contribution >= 0.6 is 23.2 Å². The Hall–Kier alpha value is -0.930. The molecule has 1 fully saturated rings. The second-order valence-electron chi connectivity index (χ2n) is 4.11. The summed E-state index contributed by atoms with van der Waals surface area (Å²) >= 11 is 11.6. The summed E-state index contributed by atoms with van der Waals surface area (Å²) in [6.45, 7) is 0.693. The van der Waals surface area contributed by atoms with E-state index < -0.39 is 0 Å². The van der Waals surface area contributed by atoms with Gasteiger partial charge in [0.2, 0.25) is 0 Å². The maximum absolute atomic E-state index is 12.2. The fourth-order valence-electron chi connectivity index (χ4n) is 2.10. The minimum absolute atomic E-state index is 0.0687. The van der Waals surface area contributed by atoms with Crippen LogP contribution in [0.2, 0.25) is 5.02 Å². The Morgan fingerprint density at radius 3 is 2.94 bits per heavy atom. The fourth-order valence-corrected chi connectivity index (χ4v) is 2.59. The number of carbonyl (C=O) groups excluding carboxylic acids is 1. The van der Waals surface area contributed by atoms with E-state index in [1.807, 2.05) is 0 Å². The molecule has 1 heterocycles. The number of halogens is 2. The SMILES string of the molecule is O=C(c1ccc(Cl)cc1O)N1CCCC1CCl. The summed E-state index contributed by atoms with van der Waals surface area (Å²) in [4.78, 5) is 13.9. The molecule has 1 aliphatic rings. The Balaban J connectivity index is 2.24. The van der Waals surface area contributed by atoms with Gasteiger partial charge in [0, 0.05) is 23.5 Å². The summed E-state index contributed by atoms with van der Waals surface area (Å²) in [6, 6.07) is 4.59. The summed E-state index contributed by atoms with van der Waals surface area (Å²) in [5.41, 5.74) is 0.284. The van der Waals surface area contributed by atoms with Gasteiger partial charge in [-0.05, 0) is 31.0 Å². The summed E-state index contributed by atoms with van der Waals surface area (Å²) < 4.78 is 0. The molecule has 0 radical (unpaired) electrons. The molecule has 0 aliphatic carbocycles. The lowest BCUT2D eigenvalue weighted by Crippen LogP contribution is -2.36. The number of aromatic hydroxyl groups is 1. The minimum atomic E-state index is -0.178. The van der Waals surface area contributed by atoms with Crippen LogP contribution in [0.3, 0.4) is 0 Å². The Bertz CT molecular complexity index is 437. The van der Waals surface area contributed by atoms with Crippen LogP contribution in [0.15, 0.2) is 18.2 Å². The summed E-state index contributed by atoms with van der Waals surface area (Å²) in [7, 11) is 0. The molecule has 0 aromatic heterocycles. The normalized spacial score (nSPS) is 19.6. The molecule has 1 unspecified atom stereocenters. The average Bonchev–Trinajstić information content (AvgIpc) is 2.76. The third-order valence-corrected chi connectivity index (χ3v) is 3.60. The topological polar surface area (TPSA) is 40.5 Å². The van der Waals surface area contributed by atoms with Gasteiger partial charge in [0.15, 0.2) is 0 Å². The first-order chi connectivity index (χ1) is 8.13. The number of amides is 1. The quantitative estimate of drug-likeness (QED) is 0.842. The van der Waals surface area contributed by atoms with Crippen LogP contribution in [0, 0.1) is 0 Å². The molecule has 92 valence electrons. The van der Waals surface area contributed by atoms with Gasteiger partial charge in [0.25, 0.3) is 5.91 Å². The van der Waals surface area contributed by atoms with E-state index in [0.29, 0.717) is 17.4 Å². The second kappa shape index (κ2) is 5.15. The second-order valence-corrected chi connectivity index (χ2v) is 4.86. The predicted molar refractivity (Wildman–Crippen MR) is 67.9 cm³/mol. The van der Waals surface area contributed by atoms with Gasteiger partial charge in [-0.25, -0.2) is 0 Å². The Morgan fingerprint density at radius 2 is 2.29 bits per heavy atom. The van der Waals surface area contributed by atoms with E-state index in [2.05, 4.69) is 0 Å². The molecule has 2 rings (SSSR count). The van der Waals surface area contributed by atoms with Gasteiger partial charge in [-0.2, -0.15) is 0 Å². The van der Waals surface area contributed by atoms with E-state index >= 15 is 0 Å². The number of hydrogen-bond donors (Lipinski definition) is 1. The van der Waals surface area contributed by atoms with Crippen LogP contribution in [0.1, 0.15) is 23.2 Å². The third-order valence-electron chi connectivity index (χ3n) is 3.01. The van der Waals surface area contributed by atoms with Crippen LogP contribution in [0.4, 0.5) is 0 Å². The summed E-state index contributed by atoms with van der Waals surface area (Å²) in [6.07, 6.45) is 1.88. The smallest absolute Gasteiger partial charge is 0.257 e. The molecular formula is C12H13Cl2NO2. The van der Waals surface area contributed by atoms with Gasteiger partial charge in [0.05, 0.1) is 5.56 Å². The number of rotatable bonds is 2. The third kappa shape index (κ3) is 2.50. The van der Waals surface area contributed by atoms with E-state index in [4.69, 9.17) is 23.2 Å². The highest BCUT2D eigenvalue weighted by Gasteiger charge is 2.29. The van der Waals surface area contributed by atoms with Crippen molar-refractivity contribution in [1.29, 1.82) is 0 Å². The average molecular weight is 274 g/mol. The van der Waals surface area contributed by atoms with Gasteiger partial charge in [0.1, 0.15) is 5.75 Å². The van der Waals surface area contributed by atoms with Crippen molar-refractivity contribution in [3.63, 3.8) is 0 Å². The molecule has 17 heavy (non-hydrogen) atoms. The standard InChI is InChI=1S/C12H13Cl2NO2/c13-7-9-2-1-5-15(9)12(17)10-4-3-8(14)6-11(10)16/h3-4,6,9,16H,1-2,5,7H2. The number of carbonyl (C=O) groups is 1. The molecule has 1 atom stereocenters. The highest BCUT2D eigenvalue weighted by molar-refractivity contribution is 6.30. The number of phenolic OH excluding ortho intramolecular Hbond substituents is 1. The maximum Gasteiger partial charge on any atom is 0.257 e. The number of alkyl halides is 1. The molecule has 0 saturated carbocycles. The van der Waals surface area contributed by atoms with Gasteiger partial charge in [-0.15, -0.1) is 11.6 Å². The van der Waals surface area contributed by atoms with Crippen LogP contribution in [0.5, 0.6) is 5.75 Å². The lowest BCUT2D eigenvalue weighted by atomic mass is 10.1. The van der Waals surface area contributed by atoms with E-state index in [9.17, 15) is 9.90 Å². The first-order valence-corrected chi connectivity index (χ1v) is 6.40. The molecule has 0 spiro atoms. The first kappa shape index (κ1) is 12.5. The molecule has 5 heteroatoms. The van der Waals surface area contributed by atoms with E-state index in [0.717, 1.165) is 12.8 Å². The van der Waals surface area contributed by atoms with Crippen molar-refractivity contribution in [2.24, 2.45) is 0 Å². The molecule has 1 aromatic carbocycles. The molecular weight excluding hydrogens is 261 g/mol. The zero-order valence-electron chi connectivity index (χ0n) is 9.20. The Morgan fingerprint density at radius 1 is 1.53 bits per heavy atom. The fraction of sp³-hybridized carbons (Fsp3) is 0.417. The monoisotopic (exact) mass is 273 g/mol. The van der Waals surface area contributed by atoms with Crippen LogP contribution in [-0.2, 0) is 0 Å². The molecule has 1 amide bonds. The first-order valence-electron chi connectivity index (χ1n) is 5.49. The molecule has 1 aliphatic heterocycles. The van der Waals surface area contributed by atoms with Gasteiger partial charge in [-0.3, -0.25) is 4.79 Å². The highest BCUT2D eigenvalue weighted by Crippen LogP contribution is 2.27. The van der Waals surface area contributed by atoms with Crippen molar-refractivity contribution >= 4 is 29.1 Å². The van der Waals surface area contributed by atoms with Crippen molar-refractivity contribution in [2.75, 3.05) is 12.4 Å². The molecule has 1 aromatic rings. The molecule has 0 bridgehead atoms. The van der Waals surface area contributed by atoms with Gasteiger partial charge >= 0.3 is 0 Å². The van der Waals surface area contributed by atoms with Crippen molar-refractivity contribution in [2.45, 2.75) is 18.9 Å². The zero-order chi connectivity index (χ0) is 12.4. The number of phenols is 1.